The summed E-state index contributed by atoms with van der Waals surface area (Å²) in [4.78, 5) is 21.1. The van der Waals surface area contributed by atoms with Gasteiger partial charge in [0.15, 0.2) is 17.4 Å². The summed E-state index contributed by atoms with van der Waals surface area (Å²) in [5.41, 5.74) is 2.49. The highest BCUT2D eigenvalue weighted by molar-refractivity contribution is 5.82. The number of hydrogen-bond donors (Lipinski definition) is 3. The zero-order valence-corrected chi connectivity index (χ0v) is 20.5. The van der Waals surface area contributed by atoms with Crippen molar-refractivity contribution in [3.63, 3.8) is 0 Å². The Kier molecular flexibility index (Phi) is 5.79. The Bertz CT molecular complexity index is 1540. The second kappa shape index (κ2) is 9.41. The maximum atomic E-state index is 15.2. The lowest BCUT2D eigenvalue weighted by atomic mass is 10.2. The molecule has 10 nitrogen and oxygen atoms in total. The van der Waals surface area contributed by atoms with Crippen molar-refractivity contribution < 1.29 is 9.13 Å². The number of nitrogens with one attached hydrogen (secondary N) is 3. The van der Waals surface area contributed by atoms with Gasteiger partial charge in [0.2, 0.25) is 0 Å². The first-order valence-corrected chi connectivity index (χ1v) is 12.1. The van der Waals surface area contributed by atoms with Gasteiger partial charge in [-0.1, -0.05) is 6.07 Å². The Morgan fingerprint density at radius 1 is 0.892 bits per heavy atom. The Morgan fingerprint density at radius 2 is 1.70 bits per heavy atom. The van der Waals surface area contributed by atoms with E-state index < -0.39 is 5.82 Å². The summed E-state index contributed by atoms with van der Waals surface area (Å²) < 4.78 is 21.1. The van der Waals surface area contributed by atoms with E-state index >= 15 is 4.39 Å². The number of ether oxygens (including phenoxy) is 1. The molecule has 1 saturated heterocycles. The van der Waals surface area contributed by atoms with Crippen molar-refractivity contribution in [1.29, 1.82) is 0 Å². The molecule has 0 amide bonds. The number of fused-ring (bicyclic) bond motifs is 1. The fourth-order valence-corrected chi connectivity index (χ4v) is 4.47. The summed E-state index contributed by atoms with van der Waals surface area (Å²) in [5, 5.41) is 10.8. The third kappa shape index (κ3) is 4.75. The number of H-pyrrole nitrogens is 2. The predicted octanol–water partition coefficient (Wildman–Crippen LogP) is 4.69. The first kappa shape index (κ1) is 22.8. The van der Waals surface area contributed by atoms with Crippen LogP contribution in [0.3, 0.4) is 0 Å². The summed E-state index contributed by atoms with van der Waals surface area (Å²) in [5.74, 6) is 2.35. The van der Waals surface area contributed by atoms with Crippen molar-refractivity contribution in [2.75, 3.05) is 41.3 Å². The van der Waals surface area contributed by atoms with E-state index in [0.717, 1.165) is 43.4 Å². The number of anilines is 4. The van der Waals surface area contributed by atoms with E-state index in [2.05, 4.69) is 45.2 Å². The minimum absolute atomic E-state index is 0.0462. The van der Waals surface area contributed by atoms with Gasteiger partial charge in [-0.3, -0.25) is 5.10 Å². The third-order valence-electron chi connectivity index (χ3n) is 6.27. The molecule has 3 N–H and O–H groups in total. The lowest BCUT2D eigenvalue weighted by molar-refractivity contribution is 0.414. The van der Waals surface area contributed by atoms with Gasteiger partial charge in [-0.2, -0.15) is 15.1 Å². The Hall–Kier alpha value is -4.67. The number of pyridine rings is 1. The SMILES string of the molecule is Cc1cc(Nc2cc(N3CCN(c4ccccn4)CC3)nc(Oc3ccc4[nH]c(C)cc4c3F)n2)n[nH]1. The smallest absolute Gasteiger partial charge is 0.326 e. The second-order valence-corrected chi connectivity index (χ2v) is 9.01. The van der Waals surface area contributed by atoms with Crippen LogP contribution in [-0.4, -0.2) is 56.3 Å². The molecule has 0 aliphatic carbocycles. The number of benzene rings is 1. The standard InChI is InChI=1S/C26H26FN9O/c1-16-13-18-19(29-16)6-7-20(25(18)27)37-26-31-21(30-22-14-17(2)33-34-22)15-24(32-26)36-11-9-35(10-12-36)23-5-3-4-8-28-23/h3-8,13-15,29H,9-12H2,1-2H3,(H2,30,31,32,33,34). The summed E-state index contributed by atoms with van der Waals surface area (Å²) in [6.45, 7) is 6.84. The number of aromatic amines is 2. The van der Waals surface area contributed by atoms with Crippen molar-refractivity contribution in [3.8, 4) is 11.8 Å². The van der Waals surface area contributed by atoms with Gasteiger partial charge in [0.25, 0.3) is 0 Å². The van der Waals surface area contributed by atoms with Crippen molar-refractivity contribution in [1.82, 2.24) is 30.1 Å². The lowest BCUT2D eigenvalue weighted by Crippen LogP contribution is -2.47. The molecular weight excluding hydrogens is 473 g/mol. The fourth-order valence-electron chi connectivity index (χ4n) is 4.47. The van der Waals surface area contributed by atoms with Crippen molar-refractivity contribution in [2.24, 2.45) is 0 Å². The molecule has 11 heteroatoms. The van der Waals surface area contributed by atoms with Crippen LogP contribution in [0.25, 0.3) is 10.9 Å². The molecule has 0 saturated carbocycles. The minimum atomic E-state index is -0.461. The molecule has 0 spiro atoms. The molecule has 5 aromatic rings. The van der Waals surface area contributed by atoms with E-state index in [4.69, 9.17) is 4.74 Å². The van der Waals surface area contributed by atoms with Crippen LogP contribution in [0.2, 0.25) is 0 Å². The molecule has 1 fully saturated rings. The normalized spacial score (nSPS) is 13.8. The maximum Gasteiger partial charge on any atom is 0.326 e. The van der Waals surface area contributed by atoms with Crippen LogP contribution in [0.15, 0.2) is 54.7 Å². The topological polar surface area (TPSA) is 111 Å². The highest BCUT2D eigenvalue weighted by Crippen LogP contribution is 2.31. The molecule has 4 aromatic heterocycles. The van der Waals surface area contributed by atoms with Gasteiger partial charge in [0.05, 0.1) is 0 Å². The van der Waals surface area contributed by atoms with Gasteiger partial charge >= 0.3 is 6.01 Å². The number of rotatable bonds is 6. The van der Waals surface area contributed by atoms with Gasteiger partial charge < -0.3 is 24.8 Å². The number of aromatic nitrogens is 6. The largest absolute Gasteiger partial charge is 0.421 e. The molecule has 6 rings (SSSR count). The van der Waals surface area contributed by atoms with Crippen molar-refractivity contribution in [2.45, 2.75) is 13.8 Å². The quantitative estimate of drug-likeness (QED) is 0.309. The second-order valence-electron chi connectivity index (χ2n) is 9.01. The van der Waals surface area contributed by atoms with Crippen molar-refractivity contribution >= 4 is 34.2 Å². The lowest BCUT2D eigenvalue weighted by Gasteiger charge is -2.36. The van der Waals surface area contributed by atoms with Crippen molar-refractivity contribution in [3.05, 3.63) is 71.9 Å². The van der Waals surface area contributed by atoms with Gasteiger partial charge in [-0.15, -0.1) is 0 Å². The third-order valence-corrected chi connectivity index (χ3v) is 6.27. The Morgan fingerprint density at radius 3 is 2.43 bits per heavy atom. The molecule has 1 aliphatic rings. The zero-order valence-electron chi connectivity index (χ0n) is 20.5. The van der Waals surface area contributed by atoms with Crippen LogP contribution in [0, 0.1) is 19.7 Å². The van der Waals surface area contributed by atoms with E-state index in [9.17, 15) is 0 Å². The molecule has 0 unspecified atom stereocenters. The highest BCUT2D eigenvalue weighted by atomic mass is 19.1. The van der Waals surface area contributed by atoms with Crippen LogP contribution >= 0.6 is 0 Å². The molecule has 1 aromatic carbocycles. The summed E-state index contributed by atoms with van der Waals surface area (Å²) in [7, 11) is 0. The minimum Gasteiger partial charge on any atom is -0.421 e. The average Bonchev–Trinajstić information content (AvgIpc) is 3.51. The molecule has 0 atom stereocenters. The van der Waals surface area contributed by atoms with E-state index in [1.165, 1.54) is 0 Å². The highest BCUT2D eigenvalue weighted by Gasteiger charge is 2.22. The summed E-state index contributed by atoms with van der Waals surface area (Å²) >= 11 is 0. The van der Waals surface area contributed by atoms with Crippen LogP contribution in [0.4, 0.5) is 27.7 Å². The number of aryl methyl sites for hydroxylation is 2. The van der Waals surface area contributed by atoms with E-state index in [0.29, 0.717) is 28.4 Å². The monoisotopic (exact) mass is 499 g/mol. The van der Waals surface area contributed by atoms with Gasteiger partial charge in [0, 0.05) is 66.8 Å². The number of nitrogens with zero attached hydrogens (tertiary/aromatic N) is 6. The molecule has 1 aliphatic heterocycles. The first-order chi connectivity index (χ1) is 18.0. The van der Waals surface area contributed by atoms with Gasteiger partial charge in [-0.05, 0) is 44.2 Å². The molecule has 5 heterocycles. The summed E-state index contributed by atoms with van der Waals surface area (Å²) in [6, 6.07) is 14.8. The molecule has 0 radical (unpaired) electrons. The number of hydrogen-bond acceptors (Lipinski definition) is 8. The van der Waals surface area contributed by atoms with Gasteiger partial charge in [-0.25, -0.2) is 9.37 Å². The first-order valence-electron chi connectivity index (χ1n) is 12.1. The van der Waals surface area contributed by atoms with Crippen LogP contribution in [0.1, 0.15) is 11.4 Å². The Labute approximate surface area is 212 Å². The number of piperazine rings is 1. The zero-order chi connectivity index (χ0) is 25.4. The number of halogens is 1. The average molecular weight is 500 g/mol. The Balaban J connectivity index is 1.29. The molecule has 0 bridgehead atoms. The molecular formula is C26H26FN9O. The fraction of sp³-hybridized carbons (Fsp3) is 0.231. The molecule has 188 valence electrons. The molecule has 37 heavy (non-hydrogen) atoms. The van der Waals surface area contributed by atoms with E-state index in [-0.39, 0.29) is 11.8 Å². The van der Waals surface area contributed by atoms with Crippen LogP contribution in [0.5, 0.6) is 11.8 Å². The van der Waals surface area contributed by atoms with E-state index in [1.54, 1.807) is 24.4 Å². The van der Waals surface area contributed by atoms with E-state index in [1.807, 2.05) is 44.2 Å². The summed E-state index contributed by atoms with van der Waals surface area (Å²) in [6.07, 6.45) is 1.80. The predicted molar refractivity (Wildman–Crippen MR) is 140 cm³/mol. The van der Waals surface area contributed by atoms with Crippen LogP contribution in [-0.2, 0) is 0 Å². The van der Waals surface area contributed by atoms with Gasteiger partial charge in [0.1, 0.15) is 17.5 Å². The maximum absolute atomic E-state index is 15.2. The van der Waals surface area contributed by atoms with Crippen LogP contribution < -0.4 is 19.9 Å².